The molecule has 46 heavy (non-hydrogen) atoms. The third-order valence-corrected chi connectivity index (χ3v) is 10.3. The molecule has 2 fully saturated rings. The zero-order valence-corrected chi connectivity index (χ0v) is 26.4. The molecular formula is C39H42N4O3. The largest absolute Gasteiger partial charge is 0.508 e. The van der Waals surface area contributed by atoms with Gasteiger partial charge in [0.15, 0.2) is 0 Å². The number of hydrogen-bond donors (Lipinski definition) is 2. The van der Waals surface area contributed by atoms with Gasteiger partial charge in [-0.05, 0) is 103 Å². The number of carbonyl (C=O) groups is 2. The summed E-state index contributed by atoms with van der Waals surface area (Å²) in [5.74, 6) is 0.797. The fraction of sp³-hybridized carbons (Fsp3) is 0.333. The smallest absolute Gasteiger partial charge is 0.328 e. The number of piperidine rings is 1. The van der Waals surface area contributed by atoms with Gasteiger partial charge >= 0.3 is 6.03 Å². The molecule has 3 aliphatic rings. The zero-order chi connectivity index (χ0) is 31.6. The van der Waals surface area contributed by atoms with E-state index in [1.165, 1.54) is 33.5 Å². The molecule has 4 aromatic carbocycles. The fourth-order valence-corrected chi connectivity index (χ4v) is 7.74. The van der Waals surface area contributed by atoms with Gasteiger partial charge in [0.2, 0.25) is 5.91 Å². The van der Waals surface area contributed by atoms with Crippen molar-refractivity contribution in [2.75, 3.05) is 36.5 Å². The van der Waals surface area contributed by atoms with E-state index in [1.807, 2.05) is 24.3 Å². The number of amides is 3. The zero-order valence-electron chi connectivity index (χ0n) is 26.4. The monoisotopic (exact) mass is 614 g/mol. The summed E-state index contributed by atoms with van der Waals surface area (Å²) >= 11 is 0. The number of phenolic OH excluding ortho intramolecular Hbond substituents is 1. The summed E-state index contributed by atoms with van der Waals surface area (Å²) in [6, 6.07) is 34.3. The summed E-state index contributed by atoms with van der Waals surface area (Å²) in [6.45, 7) is 3.31. The minimum absolute atomic E-state index is 0.215. The molecule has 0 radical (unpaired) electrons. The van der Waals surface area contributed by atoms with Crippen LogP contribution in [0.15, 0.2) is 97.1 Å². The molecule has 4 aromatic rings. The van der Waals surface area contributed by atoms with Crippen molar-refractivity contribution in [3.05, 3.63) is 125 Å². The average molecular weight is 615 g/mol. The van der Waals surface area contributed by atoms with E-state index in [0.29, 0.717) is 30.7 Å². The number of phenols is 1. The lowest BCUT2D eigenvalue weighted by molar-refractivity contribution is -0.120. The lowest BCUT2D eigenvalue weighted by atomic mass is 9.69. The van der Waals surface area contributed by atoms with E-state index < -0.39 is 0 Å². The number of hydrogen-bond acceptors (Lipinski definition) is 5. The molecule has 0 spiro atoms. The lowest BCUT2D eigenvalue weighted by Gasteiger charge is -2.38. The molecule has 2 unspecified atom stereocenters. The number of aryl methyl sites for hydroxylation is 1. The summed E-state index contributed by atoms with van der Waals surface area (Å²) in [7, 11) is 2.21. The van der Waals surface area contributed by atoms with Crippen LogP contribution >= 0.6 is 0 Å². The van der Waals surface area contributed by atoms with Gasteiger partial charge in [0, 0.05) is 55.9 Å². The topological polar surface area (TPSA) is 76.1 Å². The number of anilines is 2. The highest BCUT2D eigenvalue weighted by Gasteiger charge is 2.32. The van der Waals surface area contributed by atoms with Gasteiger partial charge in [-0.15, -0.1) is 0 Å². The van der Waals surface area contributed by atoms with Gasteiger partial charge in [-0.25, -0.2) is 4.79 Å². The van der Waals surface area contributed by atoms with E-state index in [2.05, 4.69) is 95.0 Å². The number of nitrogens with one attached hydrogen (secondary N) is 1. The average Bonchev–Trinajstić information content (AvgIpc) is 3.09. The maximum absolute atomic E-state index is 12.2. The number of aromatic hydroxyl groups is 1. The second-order valence-corrected chi connectivity index (χ2v) is 13.1. The second-order valence-electron chi connectivity index (χ2n) is 13.1. The Balaban J connectivity index is 0.984. The van der Waals surface area contributed by atoms with Crippen LogP contribution in [0.2, 0.25) is 0 Å². The SMILES string of the molecule is CN(Cc1ccc(N2CCC(=O)NC2=O)cc1)C1CCN(c2ccc(C3c4ccc(O)cc4CCC3c3ccccc3)cc2)CC1. The number of imide groups is 1. The summed E-state index contributed by atoms with van der Waals surface area (Å²) in [6.07, 6.45) is 4.58. The highest BCUT2D eigenvalue weighted by Crippen LogP contribution is 2.47. The molecule has 7 rings (SSSR count). The first-order chi connectivity index (χ1) is 22.4. The van der Waals surface area contributed by atoms with Crippen molar-refractivity contribution in [2.24, 2.45) is 0 Å². The minimum atomic E-state index is -0.348. The molecule has 2 atom stereocenters. The number of urea groups is 1. The standard InChI is InChI=1S/C39H42N4O3/c1-41(26-27-7-12-33(13-8-27)43-24-21-37(45)40-39(43)46)31-19-22-42(23-20-31)32-14-9-29(10-15-32)38-35(28-5-3-2-4-6-28)17-11-30-25-34(44)16-18-36(30)38/h2-10,12-16,18,25,31,35,38,44H,11,17,19-24,26H2,1H3,(H,40,45,46). The summed E-state index contributed by atoms with van der Waals surface area (Å²) in [5, 5.41) is 12.6. The van der Waals surface area contributed by atoms with Crippen LogP contribution in [-0.4, -0.2) is 54.7 Å². The first kappa shape index (κ1) is 30.1. The molecule has 2 aliphatic heterocycles. The van der Waals surface area contributed by atoms with Gasteiger partial charge in [0.1, 0.15) is 5.75 Å². The van der Waals surface area contributed by atoms with Crippen LogP contribution in [0.5, 0.6) is 5.75 Å². The molecule has 1 aliphatic carbocycles. The van der Waals surface area contributed by atoms with Gasteiger partial charge in [-0.3, -0.25) is 19.9 Å². The highest BCUT2D eigenvalue weighted by molar-refractivity contribution is 6.05. The quantitative estimate of drug-likeness (QED) is 0.240. The van der Waals surface area contributed by atoms with E-state index in [9.17, 15) is 14.7 Å². The Morgan fingerprint density at radius 2 is 1.50 bits per heavy atom. The van der Waals surface area contributed by atoms with Crippen molar-refractivity contribution in [1.82, 2.24) is 10.2 Å². The Kier molecular flexibility index (Phi) is 8.50. The number of rotatable bonds is 7. The third kappa shape index (κ3) is 6.24. The van der Waals surface area contributed by atoms with Crippen LogP contribution in [0.25, 0.3) is 0 Å². The summed E-state index contributed by atoms with van der Waals surface area (Å²) < 4.78 is 0. The number of carbonyl (C=O) groups excluding carboxylic acids is 2. The molecular weight excluding hydrogens is 572 g/mol. The van der Waals surface area contributed by atoms with Gasteiger partial charge in [0.05, 0.1) is 0 Å². The van der Waals surface area contributed by atoms with E-state index in [1.54, 1.807) is 4.90 Å². The van der Waals surface area contributed by atoms with Crippen LogP contribution in [0.1, 0.15) is 65.3 Å². The van der Waals surface area contributed by atoms with Gasteiger partial charge in [-0.1, -0.05) is 60.7 Å². The van der Waals surface area contributed by atoms with Crippen molar-refractivity contribution in [2.45, 2.75) is 56.5 Å². The van der Waals surface area contributed by atoms with Crippen molar-refractivity contribution >= 4 is 23.3 Å². The van der Waals surface area contributed by atoms with Crippen LogP contribution in [0, 0.1) is 0 Å². The molecule has 236 valence electrons. The Morgan fingerprint density at radius 1 is 0.783 bits per heavy atom. The first-order valence-electron chi connectivity index (χ1n) is 16.5. The molecule has 0 saturated carbocycles. The van der Waals surface area contributed by atoms with Crippen LogP contribution < -0.4 is 15.1 Å². The second kappa shape index (κ2) is 13.0. The fourth-order valence-electron chi connectivity index (χ4n) is 7.74. The van der Waals surface area contributed by atoms with Crippen molar-refractivity contribution in [3.8, 4) is 5.75 Å². The molecule has 2 saturated heterocycles. The highest BCUT2D eigenvalue weighted by atomic mass is 16.3. The van der Waals surface area contributed by atoms with Crippen LogP contribution in [0.3, 0.4) is 0 Å². The van der Waals surface area contributed by atoms with E-state index in [4.69, 9.17) is 0 Å². The van der Waals surface area contributed by atoms with E-state index in [0.717, 1.165) is 51.0 Å². The summed E-state index contributed by atoms with van der Waals surface area (Å²) in [4.78, 5) is 30.3. The first-order valence-corrected chi connectivity index (χ1v) is 16.5. The third-order valence-electron chi connectivity index (χ3n) is 10.3. The number of fused-ring (bicyclic) bond motifs is 1. The normalized spacial score (nSPS) is 20.5. The Hall–Kier alpha value is -4.62. The molecule has 2 N–H and O–H groups in total. The van der Waals surface area contributed by atoms with Gasteiger partial charge in [-0.2, -0.15) is 0 Å². The van der Waals surface area contributed by atoms with Crippen LogP contribution in [-0.2, 0) is 17.8 Å². The van der Waals surface area contributed by atoms with Crippen molar-refractivity contribution in [3.63, 3.8) is 0 Å². The Labute approximate surface area is 271 Å². The maximum Gasteiger partial charge on any atom is 0.328 e. The molecule has 0 bridgehead atoms. The molecule has 2 heterocycles. The molecule has 7 nitrogen and oxygen atoms in total. The van der Waals surface area contributed by atoms with Crippen LogP contribution in [0.4, 0.5) is 16.2 Å². The minimum Gasteiger partial charge on any atom is -0.508 e. The number of benzene rings is 4. The van der Waals surface area contributed by atoms with Crippen molar-refractivity contribution in [1.29, 1.82) is 0 Å². The molecule has 0 aromatic heterocycles. The van der Waals surface area contributed by atoms with E-state index >= 15 is 0 Å². The molecule has 3 amide bonds. The Morgan fingerprint density at radius 3 is 2.22 bits per heavy atom. The predicted molar refractivity (Wildman–Crippen MR) is 183 cm³/mol. The lowest BCUT2D eigenvalue weighted by Crippen LogP contribution is -2.49. The van der Waals surface area contributed by atoms with E-state index in [-0.39, 0.29) is 17.9 Å². The van der Waals surface area contributed by atoms with Gasteiger partial charge < -0.3 is 10.0 Å². The molecule has 7 heteroatoms. The van der Waals surface area contributed by atoms with Crippen molar-refractivity contribution < 1.29 is 14.7 Å². The maximum atomic E-state index is 12.2. The number of nitrogens with zero attached hydrogens (tertiary/aromatic N) is 3. The van der Waals surface area contributed by atoms with Gasteiger partial charge in [0.25, 0.3) is 0 Å². The predicted octanol–water partition coefficient (Wildman–Crippen LogP) is 6.80. The summed E-state index contributed by atoms with van der Waals surface area (Å²) in [5.41, 5.74) is 8.61. The Bertz CT molecular complexity index is 1680.